The van der Waals surface area contributed by atoms with Crippen LogP contribution in [-0.4, -0.2) is 81.6 Å². The molecule has 0 spiro atoms. The molecule has 14 nitrogen and oxygen atoms in total. The van der Waals surface area contributed by atoms with E-state index in [1.807, 2.05) is 12.2 Å². The van der Waals surface area contributed by atoms with Crippen molar-refractivity contribution < 1.29 is 66.7 Å². The molecule has 0 heterocycles. The number of aliphatic hydroxyl groups excluding tert-OH is 2. The number of phosphoric ester groups is 2. The number of rotatable bonds is 39. The van der Waals surface area contributed by atoms with Gasteiger partial charge in [-0.2, -0.15) is 0 Å². The van der Waals surface area contributed by atoms with Gasteiger partial charge in [0.2, 0.25) is 0 Å². The minimum Gasteiger partial charge on any atom is -0.462 e. The van der Waals surface area contributed by atoms with Crippen molar-refractivity contribution in [2.24, 2.45) is 0 Å². The SMILES string of the molecule is CC/C=C\C/C=C\C/C=C\C/C=C\C=C\C(O)CCCC(=O)O[C@H](COC(=O)CCCCCCCCCCCCCCC)COP(=O)(O)OC[C@@H](O)COP(=O)(O)O. The number of carbonyl (C=O) groups is 2. The lowest BCUT2D eigenvalue weighted by Crippen LogP contribution is -2.30. The number of aliphatic hydroxyl groups is 2. The van der Waals surface area contributed by atoms with Crippen LogP contribution in [-0.2, 0) is 41.8 Å². The Labute approximate surface area is 347 Å². The zero-order valence-electron chi connectivity index (χ0n) is 35.0. The Morgan fingerprint density at radius 3 is 1.64 bits per heavy atom. The Hall–Kier alpha value is -2.22. The molecule has 0 aromatic rings. The Kier molecular flexibility index (Phi) is 36.3. The summed E-state index contributed by atoms with van der Waals surface area (Å²) < 4.78 is 47.6. The van der Waals surface area contributed by atoms with E-state index in [0.29, 0.717) is 6.42 Å². The molecule has 0 amide bonds. The third-order valence-corrected chi connectivity index (χ3v) is 9.95. The second kappa shape index (κ2) is 37.8. The van der Waals surface area contributed by atoms with E-state index in [-0.39, 0.29) is 25.7 Å². The Bertz CT molecular complexity index is 1280. The smallest absolute Gasteiger partial charge is 0.462 e. The third kappa shape index (κ3) is 40.6. The molecule has 0 aliphatic rings. The van der Waals surface area contributed by atoms with Gasteiger partial charge < -0.3 is 34.4 Å². The Balaban J connectivity index is 4.75. The van der Waals surface area contributed by atoms with Gasteiger partial charge in [0.25, 0.3) is 0 Å². The van der Waals surface area contributed by atoms with Crippen molar-refractivity contribution in [1.29, 1.82) is 0 Å². The van der Waals surface area contributed by atoms with E-state index in [1.165, 1.54) is 57.8 Å². The van der Waals surface area contributed by atoms with Crippen molar-refractivity contribution in [3.8, 4) is 0 Å². The lowest BCUT2D eigenvalue weighted by Gasteiger charge is -2.20. The van der Waals surface area contributed by atoms with E-state index in [4.69, 9.17) is 23.8 Å². The molecule has 0 saturated heterocycles. The van der Waals surface area contributed by atoms with E-state index in [2.05, 4.69) is 59.4 Å². The fourth-order valence-electron chi connectivity index (χ4n) is 5.32. The minimum absolute atomic E-state index is 0.0999. The second-order valence-electron chi connectivity index (χ2n) is 14.1. The quantitative estimate of drug-likeness (QED) is 0.0128. The number of esters is 2. The Morgan fingerprint density at radius 2 is 1.07 bits per heavy atom. The van der Waals surface area contributed by atoms with Crippen molar-refractivity contribution >= 4 is 27.6 Å². The highest BCUT2D eigenvalue weighted by atomic mass is 31.2. The van der Waals surface area contributed by atoms with Gasteiger partial charge in [-0.3, -0.25) is 23.2 Å². The van der Waals surface area contributed by atoms with Crippen LogP contribution in [0.4, 0.5) is 0 Å². The molecule has 0 aliphatic carbocycles. The van der Waals surface area contributed by atoms with Crippen LogP contribution < -0.4 is 0 Å². The molecule has 0 aliphatic heterocycles. The molecule has 0 rings (SSSR count). The minimum atomic E-state index is -4.88. The van der Waals surface area contributed by atoms with Crippen molar-refractivity contribution in [3.05, 3.63) is 60.8 Å². The zero-order chi connectivity index (χ0) is 43.2. The maximum atomic E-state index is 12.7. The summed E-state index contributed by atoms with van der Waals surface area (Å²) in [6.07, 6.45) is 35.3. The van der Waals surface area contributed by atoms with Crippen LogP contribution in [0.1, 0.15) is 149 Å². The molecule has 5 N–H and O–H groups in total. The lowest BCUT2D eigenvalue weighted by atomic mass is 10.0. The standard InChI is InChI=1S/C42H74O14P2/c1-3-5-7-9-11-13-15-17-19-21-23-25-27-30-38(43)31-29-33-42(46)56-40(37-55-58(50,51)54-35-39(44)34-53-57(47,48)49)36-52-41(45)32-28-26-24-22-20-18-16-14-12-10-8-6-4-2/h5,7,11,13,17,19,23,25,27,30,38-40,43-44H,3-4,6,8-10,12,14-16,18,20-22,24,26,28-29,31-37H2,1-2H3,(H,50,51)(H2,47,48,49)/b7-5-,13-11-,19-17-,25-23-,30-27+/t38?,39-,40+/m0/s1. The van der Waals surface area contributed by atoms with Crippen LogP contribution in [0.2, 0.25) is 0 Å². The molecule has 336 valence electrons. The van der Waals surface area contributed by atoms with E-state index in [0.717, 1.165) is 44.9 Å². The average molecular weight is 865 g/mol. The topological polar surface area (TPSA) is 216 Å². The average Bonchev–Trinajstić information content (AvgIpc) is 3.17. The van der Waals surface area contributed by atoms with Gasteiger partial charge in [-0.15, -0.1) is 0 Å². The fraction of sp³-hybridized carbons (Fsp3) is 0.714. The van der Waals surface area contributed by atoms with Crippen LogP contribution in [0.3, 0.4) is 0 Å². The molecule has 2 unspecified atom stereocenters. The van der Waals surface area contributed by atoms with Crippen LogP contribution in [0.25, 0.3) is 0 Å². The normalized spacial score (nSPS) is 15.2. The predicted molar refractivity (Wildman–Crippen MR) is 227 cm³/mol. The second-order valence-corrected chi connectivity index (χ2v) is 16.8. The zero-order valence-corrected chi connectivity index (χ0v) is 36.8. The van der Waals surface area contributed by atoms with Gasteiger partial charge >= 0.3 is 27.6 Å². The van der Waals surface area contributed by atoms with Crippen molar-refractivity contribution in [2.45, 2.75) is 167 Å². The molecule has 16 heteroatoms. The summed E-state index contributed by atoms with van der Waals surface area (Å²) >= 11 is 0. The first-order chi connectivity index (χ1) is 27.8. The highest BCUT2D eigenvalue weighted by molar-refractivity contribution is 7.47. The number of allylic oxidation sites excluding steroid dienone is 9. The molecule has 4 atom stereocenters. The first kappa shape index (κ1) is 55.8. The first-order valence-corrected chi connectivity index (χ1v) is 24.1. The molecule has 0 aromatic heterocycles. The molecular formula is C42H74O14P2. The van der Waals surface area contributed by atoms with Gasteiger partial charge in [-0.25, -0.2) is 9.13 Å². The van der Waals surface area contributed by atoms with Crippen molar-refractivity contribution in [1.82, 2.24) is 0 Å². The van der Waals surface area contributed by atoms with Crippen molar-refractivity contribution in [2.75, 3.05) is 26.4 Å². The number of hydrogen-bond acceptors (Lipinski definition) is 11. The summed E-state index contributed by atoms with van der Waals surface area (Å²) in [4.78, 5) is 52.6. The maximum absolute atomic E-state index is 12.7. The van der Waals surface area contributed by atoms with Gasteiger partial charge in [0, 0.05) is 12.8 Å². The third-order valence-electron chi connectivity index (χ3n) is 8.51. The van der Waals surface area contributed by atoms with Gasteiger partial charge in [0.15, 0.2) is 6.10 Å². The fourth-order valence-corrected chi connectivity index (χ4v) is 6.47. The monoisotopic (exact) mass is 864 g/mol. The molecule has 0 saturated carbocycles. The van der Waals surface area contributed by atoms with E-state index < -0.39 is 72.3 Å². The number of phosphoric acid groups is 2. The molecule has 58 heavy (non-hydrogen) atoms. The van der Waals surface area contributed by atoms with Crippen molar-refractivity contribution in [3.63, 3.8) is 0 Å². The largest absolute Gasteiger partial charge is 0.472 e. The Morgan fingerprint density at radius 1 is 0.569 bits per heavy atom. The van der Waals surface area contributed by atoms with Gasteiger partial charge in [-0.1, -0.05) is 152 Å². The number of hydrogen-bond donors (Lipinski definition) is 5. The molecule has 0 fully saturated rings. The lowest BCUT2D eigenvalue weighted by molar-refractivity contribution is -0.161. The van der Waals surface area contributed by atoms with E-state index in [1.54, 1.807) is 12.2 Å². The van der Waals surface area contributed by atoms with E-state index >= 15 is 0 Å². The summed E-state index contributed by atoms with van der Waals surface area (Å²) in [5, 5.41) is 20.0. The van der Waals surface area contributed by atoms with Gasteiger partial charge in [0.1, 0.15) is 12.7 Å². The molecule has 0 radical (unpaired) electrons. The molecule has 0 bridgehead atoms. The number of carbonyl (C=O) groups excluding carboxylic acids is 2. The summed E-state index contributed by atoms with van der Waals surface area (Å²) in [6, 6.07) is 0. The maximum Gasteiger partial charge on any atom is 0.472 e. The molecular weight excluding hydrogens is 790 g/mol. The highest BCUT2D eigenvalue weighted by Gasteiger charge is 2.28. The first-order valence-electron chi connectivity index (χ1n) is 21.1. The van der Waals surface area contributed by atoms with Crippen LogP contribution in [0, 0.1) is 0 Å². The van der Waals surface area contributed by atoms with Crippen LogP contribution >= 0.6 is 15.6 Å². The summed E-state index contributed by atoms with van der Waals surface area (Å²) in [6.45, 7) is 1.41. The predicted octanol–water partition coefficient (Wildman–Crippen LogP) is 9.42. The van der Waals surface area contributed by atoms with Gasteiger partial charge in [0.05, 0.1) is 25.9 Å². The number of ether oxygens (including phenoxy) is 2. The summed E-state index contributed by atoms with van der Waals surface area (Å²) in [5.74, 6) is -1.24. The summed E-state index contributed by atoms with van der Waals surface area (Å²) in [7, 11) is -9.74. The van der Waals surface area contributed by atoms with Crippen LogP contribution in [0.5, 0.6) is 0 Å². The van der Waals surface area contributed by atoms with E-state index in [9.17, 15) is 33.8 Å². The summed E-state index contributed by atoms with van der Waals surface area (Å²) in [5.41, 5.74) is 0. The van der Waals surface area contributed by atoms with Gasteiger partial charge in [-0.05, 0) is 44.9 Å². The highest BCUT2D eigenvalue weighted by Crippen LogP contribution is 2.43. The molecule has 0 aromatic carbocycles. The number of unbranched alkanes of at least 4 members (excludes halogenated alkanes) is 12. The van der Waals surface area contributed by atoms with Crippen LogP contribution in [0.15, 0.2) is 60.8 Å².